The summed E-state index contributed by atoms with van der Waals surface area (Å²) < 4.78 is 5.58. The molecule has 1 aliphatic rings. The van der Waals surface area contributed by atoms with Crippen molar-refractivity contribution >= 4 is 35.9 Å². The normalized spacial score (nSPS) is 14.6. The topological polar surface area (TPSA) is 78.8 Å². The van der Waals surface area contributed by atoms with Crippen LogP contribution >= 0.6 is 24.0 Å². The Hall–Kier alpha value is -2.17. The molecule has 3 heterocycles. The Balaban J connectivity index is 0.00000280. The van der Waals surface area contributed by atoms with Crippen LogP contribution in [0.3, 0.4) is 0 Å². The van der Waals surface area contributed by atoms with Crippen LogP contribution in [0.5, 0.6) is 5.88 Å². The number of rotatable bonds is 5. The van der Waals surface area contributed by atoms with Gasteiger partial charge in [0.25, 0.3) is 0 Å². The molecule has 0 atom stereocenters. The summed E-state index contributed by atoms with van der Waals surface area (Å²) in [4.78, 5) is 21.9. The molecule has 2 aromatic heterocycles. The summed E-state index contributed by atoms with van der Waals surface area (Å²) >= 11 is 0. The van der Waals surface area contributed by atoms with Crippen LogP contribution in [0.1, 0.15) is 19.4 Å². The van der Waals surface area contributed by atoms with Gasteiger partial charge in [-0.1, -0.05) is 6.07 Å². The second kappa shape index (κ2) is 11.0. The average molecular weight is 497 g/mol. The number of aromatic nitrogens is 3. The van der Waals surface area contributed by atoms with E-state index in [2.05, 4.69) is 35.1 Å². The zero-order valence-corrected chi connectivity index (χ0v) is 18.9. The van der Waals surface area contributed by atoms with E-state index in [1.54, 1.807) is 12.4 Å². The van der Waals surface area contributed by atoms with Crippen LogP contribution in [0.4, 0.5) is 5.95 Å². The highest BCUT2D eigenvalue weighted by Gasteiger charge is 2.20. The summed E-state index contributed by atoms with van der Waals surface area (Å²) in [7, 11) is 1.81. The first-order valence-electron chi connectivity index (χ1n) is 9.25. The van der Waals surface area contributed by atoms with Gasteiger partial charge in [0.15, 0.2) is 5.96 Å². The van der Waals surface area contributed by atoms with Gasteiger partial charge < -0.3 is 19.9 Å². The van der Waals surface area contributed by atoms with E-state index in [4.69, 9.17) is 4.74 Å². The Morgan fingerprint density at radius 1 is 1.14 bits per heavy atom. The number of guanidine groups is 1. The van der Waals surface area contributed by atoms with Crippen LogP contribution in [0.15, 0.2) is 41.8 Å². The third kappa shape index (κ3) is 6.18. The minimum atomic E-state index is 0. The van der Waals surface area contributed by atoms with E-state index in [1.807, 2.05) is 45.3 Å². The molecule has 1 N–H and O–H groups in total. The first-order chi connectivity index (χ1) is 13.2. The van der Waals surface area contributed by atoms with Gasteiger partial charge in [-0.2, -0.15) is 0 Å². The van der Waals surface area contributed by atoms with Crippen molar-refractivity contribution in [3.63, 3.8) is 0 Å². The van der Waals surface area contributed by atoms with Gasteiger partial charge in [-0.25, -0.2) is 15.0 Å². The molecular formula is C19H28IN7O. The number of hydrogen-bond donors (Lipinski definition) is 1. The lowest BCUT2D eigenvalue weighted by Gasteiger charge is -2.36. The molecule has 3 rings (SSSR count). The number of aliphatic imine (C=N–C) groups is 1. The van der Waals surface area contributed by atoms with Crippen molar-refractivity contribution in [2.75, 3.05) is 38.1 Å². The van der Waals surface area contributed by atoms with Crippen molar-refractivity contribution in [1.29, 1.82) is 0 Å². The minimum absolute atomic E-state index is 0. The second-order valence-electron chi connectivity index (χ2n) is 6.59. The lowest BCUT2D eigenvalue weighted by Crippen LogP contribution is -2.52. The van der Waals surface area contributed by atoms with Crippen LogP contribution in [0.2, 0.25) is 0 Å². The molecule has 0 amide bonds. The molecule has 0 radical (unpaired) electrons. The van der Waals surface area contributed by atoms with Crippen LogP contribution in [0.25, 0.3) is 0 Å². The highest BCUT2D eigenvalue weighted by atomic mass is 127. The number of pyridine rings is 1. The maximum atomic E-state index is 5.58. The van der Waals surface area contributed by atoms with E-state index in [0.717, 1.165) is 43.7 Å². The van der Waals surface area contributed by atoms with Crippen LogP contribution < -0.4 is 15.0 Å². The number of piperazine rings is 1. The van der Waals surface area contributed by atoms with Gasteiger partial charge in [-0.3, -0.25) is 4.99 Å². The lowest BCUT2D eigenvalue weighted by molar-refractivity contribution is 0.232. The average Bonchev–Trinajstić information content (AvgIpc) is 2.70. The Morgan fingerprint density at radius 2 is 1.86 bits per heavy atom. The molecular weight excluding hydrogens is 469 g/mol. The van der Waals surface area contributed by atoms with Crippen molar-refractivity contribution in [1.82, 2.24) is 25.2 Å². The van der Waals surface area contributed by atoms with E-state index in [9.17, 15) is 0 Å². The van der Waals surface area contributed by atoms with Crippen LogP contribution in [-0.4, -0.2) is 65.1 Å². The van der Waals surface area contributed by atoms with Crippen molar-refractivity contribution < 1.29 is 4.74 Å². The summed E-state index contributed by atoms with van der Waals surface area (Å²) in [5.41, 5.74) is 1.09. The second-order valence-corrected chi connectivity index (χ2v) is 6.59. The molecule has 2 aromatic rings. The van der Waals surface area contributed by atoms with Gasteiger partial charge in [0, 0.05) is 64.4 Å². The minimum Gasteiger partial charge on any atom is -0.475 e. The molecule has 152 valence electrons. The highest BCUT2D eigenvalue weighted by molar-refractivity contribution is 14.0. The van der Waals surface area contributed by atoms with Crippen LogP contribution in [-0.2, 0) is 6.54 Å². The largest absolute Gasteiger partial charge is 0.475 e. The zero-order chi connectivity index (χ0) is 19.1. The van der Waals surface area contributed by atoms with E-state index in [-0.39, 0.29) is 30.1 Å². The Bertz CT molecular complexity index is 732. The molecule has 9 heteroatoms. The summed E-state index contributed by atoms with van der Waals surface area (Å²) in [6.45, 7) is 8.13. The van der Waals surface area contributed by atoms with Crippen molar-refractivity contribution in [2.45, 2.75) is 26.5 Å². The summed E-state index contributed by atoms with van der Waals surface area (Å²) in [6.07, 6.45) is 5.52. The van der Waals surface area contributed by atoms with Crippen molar-refractivity contribution in [2.24, 2.45) is 4.99 Å². The maximum Gasteiger partial charge on any atom is 0.225 e. The van der Waals surface area contributed by atoms with Gasteiger partial charge in [0.05, 0.1) is 6.10 Å². The molecule has 0 bridgehead atoms. The molecule has 28 heavy (non-hydrogen) atoms. The third-order valence-electron chi connectivity index (χ3n) is 4.23. The fraction of sp³-hybridized carbons (Fsp3) is 0.474. The van der Waals surface area contributed by atoms with E-state index >= 15 is 0 Å². The van der Waals surface area contributed by atoms with Crippen molar-refractivity contribution in [3.8, 4) is 5.88 Å². The third-order valence-corrected chi connectivity index (χ3v) is 4.23. The SMILES string of the molecule is CN=C(NCc1ccc(OC(C)C)nc1)N1CCN(c2ncccn2)CC1.I. The molecule has 0 aromatic carbocycles. The smallest absolute Gasteiger partial charge is 0.225 e. The van der Waals surface area contributed by atoms with E-state index < -0.39 is 0 Å². The molecule has 0 unspecified atom stereocenters. The highest BCUT2D eigenvalue weighted by Crippen LogP contribution is 2.11. The number of nitrogens with one attached hydrogen (secondary N) is 1. The molecule has 0 saturated carbocycles. The van der Waals surface area contributed by atoms with Gasteiger partial charge in [0.1, 0.15) is 0 Å². The number of nitrogens with zero attached hydrogens (tertiary/aromatic N) is 6. The predicted octanol–water partition coefficient (Wildman–Crippen LogP) is 2.17. The van der Waals surface area contributed by atoms with Gasteiger partial charge in [-0.05, 0) is 25.5 Å². The molecule has 1 aliphatic heterocycles. The molecule has 0 aliphatic carbocycles. The number of halogens is 1. The van der Waals surface area contributed by atoms with Gasteiger partial charge in [-0.15, -0.1) is 24.0 Å². The lowest BCUT2D eigenvalue weighted by atomic mass is 10.3. The number of anilines is 1. The predicted molar refractivity (Wildman–Crippen MR) is 121 cm³/mol. The Labute approximate surface area is 183 Å². The van der Waals surface area contributed by atoms with Gasteiger partial charge >= 0.3 is 0 Å². The molecule has 1 fully saturated rings. The quantitative estimate of drug-likeness (QED) is 0.386. The Morgan fingerprint density at radius 3 is 2.43 bits per heavy atom. The summed E-state index contributed by atoms with van der Waals surface area (Å²) in [6, 6.07) is 5.76. The summed E-state index contributed by atoms with van der Waals surface area (Å²) in [5, 5.41) is 3.42. The van der Waals surface area contributed by atoms with Gasteiger partial charge in [0.2, 0.25) is 11.8 Å². The molecule has 0 spiro atoms. The first kappa shape index (κ1) is 22.1. The number of hydrogen-bond acceptors (Lipinski definition) is 6. The van der Waals surface area contributed by atoms with Crippen LogP contribution in [0, 0.1) is 0 Å². The fourth-order valence-corrected chi connectivity index (χ4v) is 2.91. The monoisotopic (exact) mass is 497 g/mol. The van der Waals surface area contributed by atoms with Crippen molar-refractivity contribution in [3.05, 3.63) is 42.4 Å². The van der Waals surface area contributed by atoms with E-state index in [1.165, 1.54) is 0 Å². The first-order valence-corrected chi connectivity index (χ1v) is 9.25. The Kier molecular flexibility index (Phi) is 8.68. The van der Waals surface area contributed by atoms with E-state index in [0.29, 0.717) is 12.4 Å². The summed E-state index contributed by atoms with van der Waals surface area (Å²) in [5.74, 6) is 2.33. The molecule has 8 nitrogen and oxygen atoms in total. The fourth-order valence-electron chi connectivity index (χ4n) is 2.91. The number of ether oxygens (including phenoxy) is 1. The standard InChI is InChI=1S/C19H27N7O.HI/c1-15(2)27-17-6-5-16(13-23-17)14-24-18(20-3)25-9-11-26(12-10-25)19-21-7-4-8-22-19;/h4-8,13,15H,9-12,14H2,1-3H3,(H,20,24);1H. The molecule has 1 saturated heterocycles. The maximum absolute atomic E-state index is 5.58. The zero-order valence-electron chi connectivity index (χ0n) is 16.6.